The van der Waals surface area contributed by atoms with Crippen LogP contribution >= 0.6 is 0 Å². The highest BCUT2D eigenvalue weighted by Gasteiger charge is 2.43. The second-order valence-corrected chi connectivity index (χ2v) is 9.35. The number of halogens is 3. The molecule has 0 saturated carbocycles. The summed E-state index contributed by atoms with van der Waals surface area (Å²) in [5, 5.41) is 0. The molecule has 0 fully saturated rings. The Morgan fingerprint density at radius 2 is 1.43 bits per heavy atom. The third kappa shape index (κ3) is 6.05. The average molecular weight is 559 g/mol. The molecule has 0 spiro atoms. The molecule has 0 aromatic heterocycles. The second kappa shape index (κ2) is 12.8. The van der Waals surface area contributed by atoms with Gasteiger partial charge in [0.25, 0.3) is 6.02 Å². The minimum atomic E-state index is -1.66. The molecule has 214 valence electrons. The monoisotopic (exact) mass is 558 g/mol. The lowest BCUT2D eigenvalue weighted by Crippen LogP contribution is -2.46. The molecule has 1 aliphatic rings. The summed E-state index contributed by atoms with van der Waals surface area (Å²) in [6, 6.07) is 16.5. The Morgan fingerprint density at radius 1 is 0.850 bits per heavy atom. The zero-order valence-corrected chi connectivity index (χ0v) is 23.0. The maximum Gasteiger partial charge on any atom is 0.289 e. The van der Waals surface area contributed by atoms with E-state index in [1.165, 1.54) is 32.4 Å². The van der Waals surface area contributed by atoms with E-state index < -0.39 is 30.8 Å². The largest absolute Gasteiger partial charge is 0.497 e. The van der Waals surface area contributed by atoms with Crippen molar-refractivity contribution >= 4 is 6.02 Å². The van der Waals surface area contributed by atoms with Crippen molar-refractivity contribution in [2.75, 3.05) is 41.8 Å². The maximum atomic E-state index is 15.0. The van der Waals surface area contributed by atoms with Crippen molar-refractivity contribution in [3.05, 3.63) is 83.2 Å². The number of rotatable bonds is 11. The number of benzene rings is 3. The lowest BCUT2D eigenvalue weighted by molar-refractivity contribution is 0.0544. The van der Waals surface area contributed by atoms with Gasteiger partial charge in [0.1, 0.15) is 53.8 Å². The highest BCUT2D eigenvalue weighted by molar-refractivity contribution is 5.76. The predicted molar refractivity (Wildman–Crippen MR) is 145 cm³/mol. The number of amidine groups is 1. The lowest BCUT2D eigenvalue weighted by atomic mass is 9.85. The molecule has 0 amide bonds. The first-order chi connectivity index (χ1) is 19.4. The van der Waals surface area contributed by atoms with Crippen LogP contribution in [0.25, 0.3) is 0 Å². The minimum absolute atomic E-state index is 0.0226. The van der Waals surface area contributed by atoms with E-state index in [-0.39, 0.29) is 31.1 Å². The van der Waals surface area contributed by atoms with Crippen molar-refractivity contribution in [3.8, 4) is 23.0 Å². The number of methoxy groups -OCH3 is 4. The molecule has 0 radical (unpaired) electrons. The molecule has 0 saturated heterocycles. The van der Waals surface area contributed by atoms with E-state index in [4.69, 9.17) is 23.7 Å². The molecular weight excluding hydrogens is 525 g/mol. The van der Waals surface area contributed by atoms with Gasteiger partial charge in [0.2, 0.25) is 0 Å². The van der Waals surface area contributed by atoms with E-state index in [1.807, 2.05) is 12.1 Å². The SMILES string of the molecule is COc1ccc(CN(Cc2ccc(OC)cc2OC)C2=NC(CF)(c3ccccc3F)CC(CF)O2)c(OC)c1. The third-order valence-corrected chi connectivity index (χ3v) is 6.90. The normalized spacial score (nSPS) is 18.4. The zero-order chi connectivity index (χ0) is 28.7. The minimum Gasteiger partial charge on any atom is -0.497 e. The Hall–Kier alpha value is -4.08. The van der Waals surface area contributed by atoms with Crippen LogP contribution < -0.4 is 18.9 Å². The van der Waals surface area contributed by atoms with E-state index in [9.17, 15) is 13.2 Å². The van der Waals surface area contributed by atoms with Gasteiger partial charge in [0, 0.05) is 35.2 Å². The van der Waals surface area contributed by atoms with Crippen molar-refractivity contribution in [3.63, 3.8) is 0 Å². The molecule has 3 aromatic rings. The van der Waals surface area contributed by atoms with Crippen LogP contribution in [0.2, 0.25) is 0 Å². The van der Waals surface area contributed by atoms with Crippen molar-refractivity contribution in [1.29, 1.82) is 0 Å². The third-order valence-electron chi connectivity index (χ3n) is 6.90. The predicted octanol–water partition coefficient (Wildman–Crippen LogP) is 5.84. The van der Waals surface area contributed by atoms with Gasteiger partial charge in [-0.1, -0.05) is 18.2 Å². The smallest absolute Gasteiger partial charge is 0.289 e. The first kappa shape index (κ1) is 28.9. The molecule has 10 heteroatoms. The fraction of sp³-hybridized carbons (Fsp3) is 0.367. The van der Waals surface area contributed by atoms with E-state index in [2.05, 4.69) is 4.99 Å². The molecule has 40 heavy (non-hydrogen) atoms. The molecule has 0 aliphatic carbocycles. The summed E-state index contributed by atoms with van der Waals surface area (Å²) in [7, 11) is 6.18. The van der Waals surface area contributed by atoms with E-state index in [0.29, 0.717) is 23.0 Å². The van der Waals surface area contributed by atoms with Gasteiger partial charge >= 0.3 is 0 Å². The van der Waals surface area contributed by atoms with Crippen LogP contribution in [0.1, 0.15) is 23.1 Å². The van der Waals surface area contributed by atoms with E-state index in [1.54, 1.807) is 49.5 Å². The highest BCUT2D eigenvalue weighted by atomic mass is 19.1. The number of alkyl halides is 2. The Kier molecular flexibility index (Phi) is 9.29. The number of aliphatic imine (C=N–C) groups is 1. The number of nitrogens with zero attached hydrogens (tertiary/aromatic N) is 2. The summed E-state index contributed by atoms with van der Waals surface area (Å²) in [5.41, 5.74) is -0.148. The van der Waals surface area contributed by atoms with Crippen LogP contribution in [-0.4, -0.2) is 58.8 Å². The Morgan fingerprint density at radius 3 is 1.90 bits per heavy atom. The van der Waals surface area contributed by atoms with Crippen LogP contribution in [0.4, 0.5) is 13.2 Å². The van der Waals surface area contributed by atoms with E-state index >= 15 is 0 Å². The Balaban J connectivity index is 1.84. The molecule has 2 unspecified atom stereocenters. The fourth-order valence-corrected chi connectivity index (χ4v) is 4.79. The summed E-state index contributed by atoms with van der Waals surface area (Å²) < 4.78 is 71.8. The van der Waals surface area contributed by atoms with Crippen LogP contribution in [0.15, 0.2) is 65.7 Å². The fourth-order valence-electron chi connectivity index (χ4n) is 4.79. The summed E-state index contributed by atoms with van der Waals surface area (Å²) in [5.74, 6) is 1.65. The molecule has 2 atom stereocenters. The molecule has 1 heterocycles. The highest BCUT2D eigenvalue weighted by Crippen LogP contribution is 2.39. The molecule has 3 aromatic carbocycles. The standard InChI is InChI=1S/C30H33F3N2O5/c1-36-22-11-9-20(27(13-22)38-3)17-35(18-21-10-12-23(37-2)14-28(21)39-4)29-34-30(19-32,15-24(16-31)40-29)25-7-5-6-8-26(25)33/h5-14,24H,15-19H2,1-4H3. The van der Waals surface area contributed by atoms with Crippen LogP contribution in [0.3, 0.4) is 0 Å². The molecule has 0 bridgehead atoms. The van der Waals surface area contributed by atoms with Crippen molar-refractivity contribution in [2.24, 2.45) is 4.99 Å². The van der Waals surface area contributed by atoms with Crippen LogP contribution in [0, 0.1) is 5.82 Å². The number of ether oxygens (including phenoxy) is 5. The molecule has 0 N–H and O–H groups in total. The van der Waals surface area contributed by atoms with Gasteiger partial charge in [-0.15, -0.1) is 0 Å². The van der Waals surface area contributed by atoms with Crippen molar-refractivity contribution < 1.29 is 36.9 Å². The number of hydrogen-bond acceptors (Lipinski definition) is 7. The zero-order valence-electron chi connectivity index (χ0n) is 23.0. The Labute approximate surface area is 232 Å². The summed E-state index contributed by atoms with van der Waals surface area (Å²) in [6.45, 7) is -1.58. The van der Waals surface area contributed by atoms with Crippen LogP contribution in [0.5, 0.6) is 23.0 Å². The molecular formula is C30H33F3N2O5. The lowest BCUT2D eigenvalue weighted by Gasteiger charge is -2.39. The molecule has 1 aliphatic heterocycles. The van der Waals surface area contributed by atoms with Crippen molar-refractivity contribution in [1.82, 2.24) is 4.90 Å². The van der Waals surface area contributed by atoms with Gasteiger partial charge in [-0.2, -0.15) is 0 Å². The molecule has 4 rings (SSSR count). The first-order valence-corrected chi connectivity index (χ1v) is 12.7. The quantitative estimate of drug-likeness (QED) is 0.295. The van der Waals surface area contributed by atoms with Gasteiger partial charge in [0.15, 0.2) is 0 Å². The van der Waals surface area contributed by atoms with E-state index in [0.717, 1.165) is 11.1 Å². The van der Waals surface area contributed by atoms with Gasteiger partial charge < -0.3 is 28.6 Å². The Bertz CT molecular complexity index is 1280. The number of hydrogen-bond donors (Lipinski definition) is 0. The summed E-state index contributed by atoms with van der Waals surface area (Å²) >= 11 is 0. The second-order valence-electron chi connectivity index (χ2n) is 9.35. The first-order valence-electron chi connectivity index (χ1n) is 12.7. The average Bonchev–Trinajstić information content (AvgIpc) is 3.00. The summed E-state index contributed by atoms with van der Waals surface area (Å²) in [6.07, 6.45) is -1.20. The maximum absolute atomic E-state index is 15.0. The topological polar surface area (TPSA) is 61.8 Å². The summed E-state index contributed by atoms with van der Waals surface area (Å²) in [4.78, 5) is 6.36. The van der Waals surface area contributed by atoms with Crippen LogP contribution in [-0.2, 0) is 23.4 Å². The van der Waals surface area contributed by atoms with Gasteiger partial charge in [-0.3, -0.25) is 0 Å². The van der Waals surface area contributed by atoms with Gasteiger partial charge in [-0.05, 0) is 30.3 Å². The van der Waals surface area contributed by atoms with Gasteiger partial charge in [0.05, 0.1) is 41.5 Å². The molecule has 7 nitrogen and oxygen atoms in total. The van der Waals surface area contributed by atoms with Crippen molar-refractivity contribution in [2.45, 2.75) is 31.2 Å². The van der Waals surface area contributed by atoms with Gasteiger partial charge in [-0.25, -0.2) is 18.2 Å².